The first-order chi connectivity index (χ1) is 14.5. The Bertz CT molecular complexity index is 675. The van der Waals surface area contributed by atoms with E-state index >= 15 is 0 Å². The van der Waals surface area contributed by atoms with Crippen molar-refractivity contribution in [2.45, 2.75) is 59.4 Å². The summed E-state index contributed by atoms with van der Waals surface area (Å²) in [7, 11) is 0. The van der Waals surface area contributed by atoms with Crippen LogP contribution < -0.4 is 10.6 Å². The van der Waals surface area contributed by atoms with Gasteiger partial charge in [0.1, 0.15) is 0 Å². The minimum Gasteiger partial charge on any atom is -0.396 e. The highest BCUT2D eigenvalue weighted by Gasteiger charge is 2.19. The predicted molar refractivity (Wildman–Crippen MR) is 123 cm³/mol. The van der Waals surface area contributed by atoms with Crippen molar-refractivity contribution in [3.05, 3.63) is 35.4 Å². The van der Waals surface area contributed by atoms with E-state index in [-0.39, 0.29) is 12.5 Å². The van der Waals surface area contributed by atoms with Gasteiger partial charge in [0.05, 0.1) is 0 Å². The van der Waals surface area contributed by atoms with Gasteiger partial charge in [0.2, 0.25) is 5.91 Å². The summed E-state index contributed by atoms with van der Waals surface area (Å²) in [6.07, 6.45) is 4.14. The molecule has 0 saturated carbocycles. The molecule has 1 atom stereocenters. The Morgan fingerprint density at radius 2 is 2.00 bits per heavy atom. The van der Waals surface area contributed by atoms with Gasteiger partial charge in [-0.2, -0.15) is 0 Å². The Labute approximate surface area is 182 Å². The van der Waals surface area contributed by atoms with Crippen LogP contribution in [-0.4, -0.2) is 54.7 Å². The van der Waals surface area contributed by atoms with Crippen molar-refractivity contribution in [1.29, 1.82) is 0 Å². The lowest BCUT2D eigenvalue weighted by Crippen LogP contribution is -2.39. The summed E-state index contributed by atoms with van der Waals surface area (Å²) < 4.78 is 0. The fraction of sp³-hybridized carbons (Fsp3) is 0.667. The van der Waals surface area contributed by atoms with Gasteiger partial charge in [-0.15, -0.1) is 0 Å². The number of aliphatic imine (C=N–C) groups is 1. The summed E-state index contributed by atoms with van der Waals surface area (Å²) in [5, 5.41) is 15.9. The second-order valence-electron chi connectivity index (χ2n) is 8.59. The molecule has 1 amide bonds. The summed E-state index contributed by atoms with van der Waals surface area (Å²) in [6.45, 7) is 10.4. The highest BCUT2D eigenvalue weighted by atomic mass is 16.3. The molecule has 0 bridgehead atoms. The molecule has 1 aromatic carbocycles. The zero-order valence-corrected chi connectivity index (χ0v) is 19.0. The number of nitrogens with zero attached hydrogens (tertiary/aromatic N) is 2. The molecule has 0 saturated heterocycles. The van der Waals surface area contributed by atoms with Crippen LogP contribution in [0.4, 0.5) is 0 Å². The summed E-state index contributed by atoms with van der Waals surface area (Å²) >= 11 is 0. The SMILES string of the molecule is CCNC(=NCC(CCO)CC(C)C)NCCCC(=O)N1CCc2ccccc2C1. The van der Waals surface area contributed by atoms with Crippen molar-refractivity contribution in [3.63, 3.8) is 0 Å². The van der Waals surface area contributed by atoms with Gasteiger partial charge in [0, 0.05) is 45.8 Å². The molecule has 0 radical (unpaired) electrons. The number of amides is 1. The Hall–Kier alpha value is -2.08. The Balaban J connectivity index is 1.75. The molecule has 0 fully saturated rings. The number of carbonyl (C=O) groups is 1. The van der Waals surface area contributed by atoms with Gasteiger partial charge in [0.15, 0.2) is 5.96 Å². The predicted octanol–water partition coefficient (Wildman–Crippen LogP) is 2.95. The molecule has 2 rings (SSSR count). The third kappa shape index (κ3) is 8.34. The Morgan fingerprint density at radius 1 is 1.23 bits per heavy atom. The minimum atomic E-state index is 0.208. The lowest BCUT2D eigenvalue weighted by Gasteiger charge is -2.29. The number of guanidine groups is 1. The van der Waals surface area contributed by atoms with Crippen molar-refractivity contribution in [2.75, 3.05) is 32.8 Å². The number of benzene rings is 1. The first kappa shape index (κ1) is 24.2. The maximum Gasteiger partial charge on any atom is 0.222 e. The Morgan fingerprint density at radius 3 is 2.70 bits per heavy atom. The normalized spacial score (nSPS) is 15.1. The van der Waals surface area contributed by atoms with Crippen LogP contribution in [0.5, 0.6) is 0 Å². The topological polar surface area (TPSA) is 77.0 Å². The van der Waals surface area contributed by atoms with E-state index < -0.39 is 0 Å². The van der Waals surface area contributed by atoms with Crippen molar-refractivity contribution in [3.8, 4) is 0 Å². The van der Waals surface area contributed by atoms with Gasteiger partial charge in [-0.25, -0.2) is 0 Å². The van der Waals surface area contributed by atoms with Crippen molar-refractivity contribution < 1.29 is 9.90 Å². The fourth-order valence-corrected chi connectivity index (χ4v) is 4.01. The van der Waals surface area contributed by atoms with Crippen molar-refractivity contribution in [2.24, 2.45) is 16.8 Å². The van der Waals surface area contributed by atoms with Gasteiger partial charge >= 0.3 is 0 Å². The summed E-state index contributed by atoms with van der Waals surface area (Å²) in [4.78, 5) is 19.3. The van der Waals surface area contributed by atoms with Crippen LogP contribution in [0.25, 0.3) is 0 Å². The number of hydrogen-bond acceptors (Lipinski definition) is 3. The fourth-order valence-electron chi connectivity index (χ4n) is 4.01. The van der Waals surface area contributed by atoms with Gasteiger partial charge < -0.3 is 20.6 Å². The quantitative estimate of drug-likeness (QED) is 0.294. The number of aliphatic hydroxyl groups is 1. The zero-order chi connectivity index (χ0) is 21.8. The van der Waals surface area contributed by atoms with E-state index in [2.05, 4.69) is 42.7 Å². The lowest BCUT2D eigenvalue weighted by atomic mass is 9.94. The third-order valence-electron chi connectivity index (χ3n) is 5.54. The van der Waals surface area contributed by atoms with Gasteiger partial charge in [-0.3, -0.25) is 9.79 Å². The molecular formula is C24H40N4O2. The molecule has 0 aromatic heterocycles. The van der Waals surface area contributed by atoms with E-state index in [0.717, 1.165) is 57.8 Å². The summed E-state index contributed by atoms with van der Waals surface area (Å²) in [5.41, 5.74) is 2.64. The number of rotatable bonds is 11. The smallest absolute Gasteiger partial charge is 0.222 e. The number of carbonyl (C=O) groups excluding carboxylic acids is 1. The number of nitrogens with one attached hydrogen (secondary N) is 2. The highest BCUT2D eigenvalue weighted by molar-refractivity contribution is 5.80. The van der Waals surface area contributed by atoms with Crippen LogP contribution in [0.3, 0.4) is 0 Å². The second kappa shape index (κ2) is 13.3. The van der Waals surface area contributed by atoms with E-state index in [1.54, 1.807) is 0 Å². The van der Waals surface area contributed by atoms with E-state index in [9.17, 15) is 9.90 Å². The van der Waals surface area contributed by atoms with Gasteiger partial charge in [0.25, 0.3) is 0 Å². The van der Waals surface area contributed by atoms with Gasteiger partial charge in [-0.05, 0) is 55.6 Å². The largest absolute Gasteiger partial charge is 0.396 e. The molecule has 1 unspecified atom stereocenters. The highest BCUT2D eigenvalue weighted by Crippen LogP contribution is 2.19. The molecule has 3 N–H and O–H groups in total. The summed E-state index contributed by atoms with van der Waals surface area (Å²) in [6, 6.07) is 8.40. The van der Waals surface area contributed by atoms with E-state index in [0.29, 0.717) is 24.8 Å². The first-order valence-corrected chi connectivity index (χ1v) is 11.5. The van der Waals surface area contributed by atoms with Crippen molar-refractivity contribution in [1.82, 2.24) is 15.5 Å². The lowest BCUT2D eigenvalue weighted by molar-refractivity contribution is -0.132. The van der Waals surface area contributed by atoms with E-state index in [4.69, 9.17) is 4.99 Å². The van der Waals surface area contributed by atoms with Crippen LogP contribution in [0.2, 0.25) is 0 Å². The minimum absolute atomic E-state index is 0.208. The number of aliphatic hydroxyl groups excluding tert-OH is 1. The Kier molecular flexibility index (Phi) is 10.7. The average molecular weight is 417 g/mol. The zero-order valence-electron chi connectivity index (χ0n) is 19.0. The molecule has 168 valence electrons. The summed E-state index contributed by atoms with van der Waals surface area (Å²) in [5.74, 6) is 2.02. The van der Waals surface area contributed by atoms with E-state index in [1.165, 1.54) is 11.1 Å². The average Bonchev–Trinajstić information content (AvgIpc) is 2.74. The van der Waals surface area contributed by atoms with Crippen LogP contribution >= 0.6 is 0 Å². The number of fused-ring (bicyclic) bond motifs is 1. The molecule has 1 heterocycles. The van der Waals surface area contributed by atoms with Crippen LogP contribution in [0.15, 0.2) is 29.3 Å². The maximum absolute atomic E-state index is 12.6. The molecule has 6 heteroatoms. The maximum atomic E-state index is 12.6. The van der Waals surface area contributed by atoms with Crippen LogP contribution in [0.1, 0.15) is 57.6 Å². The van der Waals surface area contributed by atoms with Crippen LogP contribution in [-0.2, 0) is 17.8 Å². The van der Waals surface area contributed by atoms with E-state index in [1.807, 2.05) is 17.9 Å². The molecule has 0 spiro atoms. The third-order valence-corrected chi connectivity index (χ3v) is 5.54. The van der Waals surface area contributed by atoms with Gasteiger partial charge in [-0.1, -0.05) is 38.1 Å². The molecule has 1 aromatic rings. The molecule has 0 aliphatic carbocycles. The first-order valence-electron chi connectivity index (χ1n) is 11.5. The van der Waals surface area contributed by atoms with Crippen molar-refractivity contribution >= 4 is 11.9 Å². The molecule has 1 aliphatic rings. The second-order valence-corrected chi connectivity index (χ2v) is 8.59. The molecular weight excluding hydrogens is 376 g/mol. The molecule has 6 nitrogen and oxygen atoms in total. The molecule has 30 heavy (non-hydrogen) atoms. The monoisotopic (exact) mass is 416 g/mol. The molecule has 1 aliphatic heterocycles. The van der Waals surface area contributed by atoms with Crippen LogP contribution in [0, 0.1) is 11.8 Å². The number of hydrogen-bond donors (Lipinski definition) is 3. The standard InChI is InChI=1S/C24H40N4O2/c1-4-25-24(27-17-20(12-15-29)16-19(2)3)26-13-7-10-23(30)28-14-11-21-8-5-6-9-22(21)18-28/h5-6,8-9,19-20,29H,4,7,10-18H2,1-3H3,(H2,25,26,27).